The topological polar surface area (TPSA) is 98.0 Å². The van der Waals surface area contributed by atoms with E-state index < -0.39 is 48.2 Å². The number of hydrogen-bond acceptors (Lipinski definition) is 7. The van der Waals surface area contributed by atoms with Crippen molar-refractivity contribution in [1.82, 2.24) is 10.0 Å². The number of benzene rings is 3. The number of carbonyl (C=O) groups is 3. The number of amides is 3. The van der Waals surface area contributed by atoms with Crippen LogP contribution in [0.2, 0.25) is 20.1 Å². The Balaban J connectivity index is 1.21. The van der Waals surface area contributed by atoms with Crippen molar-refractivity contribution < 1.29 is 18.8 Å². The third-order valence-electron chi connectivity index (χ3n) is 8.55. The van der Waals surface area contributed by atoms with Crippen molar-refractivity contribution >= 4 is 81.6 Å². The molecule has 234 valence electrons. The molecule has 9 nitrogen and oxygen atoms in total. The quantitative estimate of drug-likeness (QED) is 0.257. The summed E-state index contributed by atoms with van der Waals surface area (Å²) in [7, 11) is 0. The van der Waals surface area contributed by atoms with Crippen LogP contribution in [-0.2, 0) is 14.4 Å². The minimum Gasteiger partial charge on any atom is -0.271 e. The molecule has 4 atom stereocenters. The number of anilines is 1. The number of allylic oxidation sites excluding steroid dienone is 1. The maximum atomic E-state index is 14.1. The van der Waals surface area contributed by atoms with E-state index in [4.69, 9.17) is 51.5 Å². The van der Waals surface area contributed by atoms with E-state index in [0.717, 1.165) is 40.7 Å². The van der Waals surface area contributed by atoms with Crippen LogP contribution in [0.15, 0.2) is 81.7 Å². The van der Waals surface area contributed by atoms with Gasteiger partial charge in [0.05, 0.1) is 17.4 Å². The van der Waals surface area contributed by atoms with Gasteiger partial charge < -0.3 is 0 Å². The first kappa shape index (κ1) is 30.8. The summed E-state index contributed by atoms with van der Waals surface area (Å²) >= 11 is 25.5. The molecule has 0 unspecified atom stereocenters. The molecule has 3 amide bonds. The first-order chi connectivity index (χ1) is 22.1. The van der Waals surface area contributed by atoms with Crippen molar-refractivity contribution in [2.45, 2.75) is 37.4 Å². The van der Waals surface area contributed by atoms with E-state index >= 15 is 0 Å². The second kappa shape index (κ2) is 12.1. The summed E-state index contributed by atoms with van der Waals surface area (Å²) in [6.07, 6.45) is 4.25. The van der Waals surface area contributed by atoms with Gasteiger partial charge in [0.2, 0.25) is 0 Å². The normalized spacial score (nSPS) is 24.6. The van der Waals surface area contributed by atoms with Gasteiger partial charge in [0.15, 0.2) is 12.1 Å². The summed E-state index contributed by atoms with van der Waals surface area (Å²) in [5.74, 6) is -2.57. The second-order valence-electron chi connectivity index (χ2n) is 11.4. The molecule has 4 aliphatic rings. The Labute approximate surface area is 282 Å². The highest BCUT2D eigenvalue weighted by Gasteiger charge is 2.56. The molecule has 14 heteroatoms. The van der Waals surface area contributed by atoms with Gasteiger partial charge in [0.1, 0.15) is 12.4 Å². The number of hydrogen-bond donors (Lipinski definition) is 0. The Morgan fingerprint density at radius 1 is 0.935 bits per heavy atom. The zero-order chi connectivity index (χ0) is 32.3. The lowest BCUT2D eigenvalue weighted by Gasteiger charge is -2.31. The van der Waals surface area contributed by atoms with E-state index in [2.05, 4.69) is 10.3 Å². The largest absolute Gasteiger partial charge is 0.271 e. The Kier molecular flexibility index (Phi) is 8.09. The number of halogens is 5. The molecule has 3 aromatic rings. The van der Waals surface area contributed by atoms with E-state index in [1.54, 1.807) is 30.3 Å². The van der Waals surface area contributed by atoms with E-state index in [1.807, 2.05) is 12.1 Å². The van der Waals surface area contributed by atoms with Gasteiger partial charge in [-0.3, -0.25) is 19.4 Å². The number of fused-ring (bicyclic) bond motifs is 2. The number of imide groups is 1. The van der Waals surface area contributed by atoms with E-state index in [1.165, 1.54) is 28.2 Å². The summed E-state index contributed by atoms with van der Waals surface area (Å²) in [5, 5.41) is 17.3. The van der Waals surface area contributed by atoms with Gasteiger partial charge in [-0.25, -0.2) is 14.3 Å². The fourth-order valence-electron chi connectivity index (χ4n) is 6.50. The molecule has 0 N–H and O–H groups in total. The molecule has 2 fully saturated rings. The lowest BCUT2D eigenvalue weighted by molar-refractivity contribution is -0.136. The van der Waals surface area contributed by atoms with Crippen molar-refractivity contribution in [3.05, 3.63) is 103 Å². The maximum Gasteiger partial charge on any atom is 0.264 e. The van der Waals surface area contributed by atoms with Gasteiger partial charge in [0.25, 0.3) is 17.7 Å². The zero-order valence-electron chi connectivity index (χ0n) is 23.8. The Morgan fingerprint density at radius 2 is 1.70 bits per heavy atom. The van der Waals surface area contributed by atoms with Crippen LogP contribution in [0.25, 0.3) is 6.08 Å². The van der Waals surface area contributed by atoms with Crippen molar-refractivity contribution in [2.24, 2.45) is 21.4 Å². The lowest BCUT2D eigenvalue weighted by Crippen LogP contribution is -2.45. The summed E-state index contributed by atoms with van der Waals surface area (Å²) in [4.78, 5) is 41.6. The van der Waals surface area contributed by atoms with Crippen LogP contribution < -0.4 is 4.90 Å². The molecule has 1 aliphatic carbocycles. The van der Waals surface area contributed by atoms with Crippen LogP contribution in [0, 0.1) is 11.7 Å². The van der Waals surface area contributed by atoms with Gasteiger partial charge in [-0.2, -0.15) is 10.2 Å². The molecular formula is C32H23Cl4FN6O3. The number of rotatable bonds is 5. The Bertz CT molecular complexity index is 1900. The predicted molar refractivity (Wildman–Crippen MR) is 173 cm³/mol. The zero-order valence-corrected chi connectivity index (χ0v) is 26.8. The van der Waals surface area contributed by atoms with Crippen LogP contribution in [0.3, 0.4) is 0 Å². The summed E-state index contributed by atoms with van der Waals surface area (Å²) in [6.45, 7) is -0.395. The first-order valence-electron chi connectivity index (χ1n) is 14.4. The van der Waals surface area contributed by atoms with Gasteiger partial charge in [-0.15, -0.1) is 0 Å². The summed E-state index contributed by atoms with van der Waals surface area (Å²) in [5.41, 5.74) is 3.17. The monoisotopic (exact) mass is 698 g/mol. The average molecular weight is 700 g/mol. The van der Waals surface area contributed by atoms with Gasteiger partial charge in [-0.1, -0.05) is 69.8 Å². The first-order valence-corrected chi connectivity index (χ1v) is 15.9. The third-order valence-corrected chi connectivity index (χ3v) is 9.68. The van der Waals surface area contributed by atoms with E-state index in [0.29, 0.717) is 32.1 Å². The molecule has 3 aromatic carbocycles. The number of carbonyl (C=O) groups excluding carboxylic acids is 3. The van der Waals surface area contributed by atoms with Crippen LogP contribution in [0.4, 0.5) is 10.1 Å². The minimum atomic E-state index is -1.16. The van der Waals surface area contributed by atoms with Crippen LogP contribution in [-0.4, -0.2) is 52.1 Å². The second-order valence-corrected chi connectivity index (χ2v) is 13.0. The van der Waals surface area contributed by atoms with Crippen molar-refractivity contribution in [1.29, 1.82) is 0 Å². The van der Waals surface area contributed by atoms with Gasteiger partial charge in [0, 0.05) is 26.0 Å². The molecule has 3 aliphatic heterocycles. The lowest BCUT2D eigenvalue weighted by atomic mass is 9.77. The number of hydrazone groups is 1. The molecule has 46 heavy (non-hydrogen) atoms. The molecule has 0 spiro atoms. The molecule has 0 aromatic heterocycles. The van der Waals surface area contributed by atoms with Crippen LogP contribution in [0.1, 0.15) is 36.4 Å². The predicted octanol–water partition coefficient (Wildman–Crippen LogP) is 7.56. The Morgan fingerprint density at radius 3 is 2.43 bits per heavy atom. The van der Waals surface area contributed by atoms with Crippen LogP contribution in [0.5, 0.6) is 0 Å². The standard InChI is InChI=1S/C32H23Cl4FN6O3/c33-18-8-7-16(24(35)12-18)11-17-3-1-6-23-27(17)39-43(29(23)22-10-9-19(34)13-25(22)36)26(44)15-41-30-28(38-40-41)31(45)42(32(30)46)21-5-2-4-20(37)14-21/h2,4-5,7-14,23,28-30H,1,3,6,15H2/b17-11+/t23-,28+,29-,30-/m1/s1. The third kappa shape index (κ3) is 5.37. The van der Waals surface area contributed by atoms with E-state index in [9.17, 15) is 18.8 Å². The highest BCUT2D eigenvalue weighted by molar-refractivity contribution is 6.36. The van der Waals surface area contributed by atoms with Crippen molar-refractivity contribution in [3.8, 4) is 0 Å². The number of nitrogens with zero attached hydrogens (tertiary/aromatic N) is 6. The highest BCUT2D eigenvalue weighted by atomic mass is 35.5. The van der Waals surface area contributed by atoms with Crippen molar-refractivity contribution in [2.75, 3.05) is 11.4 Å². The fourth-order valence-corrected chi connectivity index (χ4v) is 7.48. The van der Waals surface area contributed by atoms with Gasteiger partial charge in [-0.05, 0) is 84.5 Å². The molecular weight excluding hydrogens is 677 g/mol. The molecule has 3 heterocycles. The Hall–Kier alpha value is -3.83. The van der Waals surface area contributed by atoms with Crippen molar-refractivity contribution in [3.63, 3.8) is 0 Å². The van der Waals surface area contributed by atoms with Crippen LogP contribution >= 0.6 is 46.4 Å². The molecule has 0 radical (unpaired) electrons. The molecule has 1 saturated carbocycles. The SMILES string of the molecule is O=C1[C@H]2N=NN(CC(=O)N3N=C4/C(=C/c5ccc(Cl)cc5Cl)CCC[C@H]4[C@H]3c3ccc(Cl)cc3Cl)[C@H]2C(=O)N1c1cccc(F)c1. The fraction of sp³-hybridized carbons (Fsp3) is 0.250. The molecule has 0 bridgehead atoms. The average Bonchev–Trinajstić information content (AvgIpc) is 3.68. The highest BCUT2D eigenvalue weighted by Crippen LogP contribution is 2.47. The summed E-state index contributed by atoms with van der Waals surface area (Å²) < 4.78 is 13.9. The minimum absolute atomic E-state index is 0.0819. The smallest absolute Gasteiger partial charge is 0.264 e. The maximum absolute atomic E-state index is 14.1. The van der Waals surface area contributed by atoms with Gasteiger partial charge >= 0.3 is 0 Å². The summed E-state index contributed by atoms with van der Waals surface area (Å²) in [6, 6.07) is 12.6. The molecule has 1 saturated heterocycles. The van der Waals surface area contributed by atoms with E-state index in [-0.39, 0.29) is 11.6 Å². The molecule has 7 rings (SSSR count).